The molecule has 0 bridgehead atoms. The third-order valence-corrected chi connectivity index (χ3v) is 18.3. The number of hydrogen-bond donors (Lipinski definition) is 0. The summed E-state index contributed by atoms with van der Waals surface area (Å²) in [6.45, 7) is 0. The Morgan fingerprint density at radius 3 is 0.909 bits per heavy atom. The SMILES string of the molecule is C[N](C)[Sn]([Cl])([N](C)C)[N](C)C. The van der Waals surface area contributed by atoms with Gasteiger partial charge in [-0.2, -0.15) is 0 Å². The summed E-state index contributed by atoms with van der Waals surface area (Å²) in [6, 6.07) is 0. The zero-order chi connectivity index (χ0) is 9.23. The van der Waals surface area contributed by atoms with E-state index in [0.717, 1.165) is 0 Å². The quantitative estimate of drug-likeness (QED) is 0.693. The number of rotatable bonds is 3. The molecule has 0 saturated heterocycles. The molecule has 0 radical (unpaired) electrons. The van der Waals surface area contributed by atoms with Crippen LogP contribution in [-0.2, 0) is 0 Å². The van der Waals surface area contributed by atoms with Crippen LogP contribution in [0.2, 0.25) is 0 Å². The molecule has 0 aromatic heterocycles. The van der Waals surface area contributed by atoms with E-state index in [9.17, 15) is 0 Å². The van der Waals surface area contributed by atoms with Crippen LogP contribution < -0.4 is 0 Å². The Bertz CT molecular complexity index is 105. The van der Waals surface area contributed by atoms with Crippen LogP contribution in [0, 0.1) is 0 Å². The first kappa shape index (κ1) is 12.0. The average Bonchev–Trinajstić information content (AvgIpc) is 1.84. The van der Waals surface area contributed by atoms with Gasteiger partial charge < -0.3 is 0 Å². The number of nitrogens with zero attached hydrogens (tertiary/aromatic N) is 3. The minimum atomic E-state index is -2.77. The van der Waals surface area contributed by atoms with Gasteiger partial charge >= 0.3 is 78.6 Å². The van der Waals surface area contributed by atoms with E-state index in [0.29, 0.717) is 0 Å². The second kappa shape index (κ2) is 4.27. The molecule has 5 heteroatoms. The van der Waals surface area contributed by atoms with E-state index < -0.39 is 18.1 Å². The zero-order valence-electron chi connectivity index (χ0n) is 8.22. The van der Waals surface area contributed by atoms with Crippen LogP contribution in [0.5, 0.6) is 0 Å². The van der Waals surface area contributed by atoms with Gasteiger partial charge in [-0.05, 0) is 0 Å². The van der Waals surface area contributed by atoms with Crippen molar-refractivity contribution in [1.29, 1.82) is 0 Å². The van der Waals surface area contributed by atoms with Crippen molar-refractivity contribution in [3.8, 4) is 0 Å². The third-order valence-electron chi connectivity index (χ3n) is 1.71. The van der Waals surface area contributed by atoms with Gasteiger partial charge in [0, 0.05) is 0 Å². The van der Waals surface area contributed by atoms with Crippen molar-refractivity contribution >= 4 is 27.0 Å². The van der Waals surface area contributed by atoms with Gasteiger partial charge in [0.2, 0.25) is 0 Å². The van der Waals surface area contributed by atoms with E-state index in [1.807, 2.05) is 42.3 Å². The molecule has 0 N–H and O–H groups in total. The van der Waals surface area contributed by atoms with Crippen LogP contribution in [0.4, 0.5) is 0 Å². The Morgan fingerprint density at radius 1 is 0.727 bits per heavy atom. The van der Waals surface area contributed by atoms with Crippen LogP contribution >= 0.6 is 8.92 Å². The van der Waals surface area contributed by atoms with E-state index >= 15 is 0 Å². The fraction of sp³-hybridized carbons (Fsp3) is 1.00. The summed E-state index contributed by atoms with van der Waals surface area (Å²) < 4.78 is 6.49. The molecule has 0 aromatic rings. The third kappa shape index (κ3) is 2.45. The fourth-order valence-corrected chi connectivity index (χ4v) is 8.05. The molecule has 0 aromatic carbocycles. The molecule has 0 fully saturated rings. The van der Waals surface area contributed by atoms with Crippen LogP contribution in [0.15, 0.2) is 0 Å². The standard InChI is InChI=1S/3C2H6N.ClH.Sn/c3*1-3-2;;/h3*1-2H3;1H;/q3*-1;;+4/p-1. The molecule has 0 aliphatic carbocycles. The van der Waals surface area contributed by atoms with Gasteiger partial charge in [0.05, 0.1) is 0 Å². The van der Waals surface area contributed by atoms with E-state index in [1.165, 1.54) is 0 Å². The van der Waals surface area contributed by atoms with Crippen molar-refractivity contribution in [1.82, 2.24) is 9.36 Å². The van der Waals surface area contributed by atoms with Crippen molar-refractivity contribution < 1.29 is 0 Å². The topological polar surface area (TPSA) is 9.72 Å². The van der Waals surface area contributed by atoms with Crippen molar-refractivity contribution in [3.05, 3.63) is 0 Å². The second-order valence-electron chi connectivity index (χ2n) is 3.24. The zero-order valence-corrected chi connectivity index (χ0v) is 11.8. The minimum absolute atomic E-state index is 2.04. The van der Waals surface area contributed by atoms with Crippen molar-refractivity contribution in [2.75, 3.05) is 42.3 Å². The molecule has 0 saturated carbocycles. The molecule has 68 valence electrons. The van der Waals surface area contributed by atoms with Crippen LogP contribution in [-0.4, -0.2) is 69.7 Å². The molecule has 0 heterocycles. The van der Waals surface area contributed by atoms with Gasteiger partial charge in [-0.15, -0.1) is 0 Å². The molecule has 0 atom stereocenters. The first-order valence-electron chi connectivity index (χ1n) is 3.54. The van der Waals surface area contributed by atoms with Gasteiger partial charge in [0.1, 0.15) is 0 Å². The van der Waals surface area contributed by atoms with Crippen molar-refractivity contribution in [2.45, 2.75) is 0 Å². The predicted molar refractivity (Wildman–Crippen MR) is 52.7 cm³/mol. The van der Waals surface area contributed by atoms with Gasteiger partial charge in [0.25, 0.3) is 0 Å². The summed E-state index contributed by atoms with van der Waals surface area (Å²) in [5, 5.41) is 0. The maximum atomic E-state index is 6.53. The molecule has 0 aliphatic heterocycles. The second-order valence-corrected chi connectivity index (χ2v) is 17.5. The summed E-state index contributed by atoms with van der Waals surface area (Å²) in [5.41, 5.74) is 0. The Hall–Kier alpha value is 0.969. The Morgan fingerprint density at radius 2 is 0.909 bits per heavy atom. The Balaban J connectivity index is 4.53. The molecule has 11 heavy (non-hydrogen) atoms. The Labute approximate surface area is 78.5 Å². The molecule has 0 amide bonds. The molecule has 0 unspecified atom stereocenters. The molecule has 0 rings (SSSR count). The van der Waals surface area contributed by atoms with Crippen molar-refractivity contribution in [2.24, 2.45) is 0 Å². The van der Waals surface area contributed by atoms with E-state index in [-0.39, 0.29) is 0 Å². The monoisotopic (exact) mass is 287 g/mol. The molecule has 0 spiro atoms. The molecule has 3 nitrogen and oxygen atoms in total. The van der Waals surface area contributed by atoms with Crippen LogP contribution in [0.3, 0.4) is 0 Å². The Kier molecular flexibility index (Phi) is 4.65. The first-order chi connectivity index (χ1) is 4.83. The van der Waals surface area contributed by atoms with Gasteiger partial charge in [-0.1, -0.05) is 0 Å². The van der Waals surface area contributed by atoms with E-state index in [2.05, 4.69) is 9.36 Å². The predicted octanol–water partition coefficient (Wildman–Crippen LogP) is 0.346. The van der Waals surface area contributed by atoms with E-state index in [4.69, 9.17) is 8.92 Å². The van der Waals surface area contributed by atoms with Crippen LogP contribution in [0.25, 0.3) is 0 Å². The van der Waals surface area contributed by atoms with E-state index in [1.54, 1.807) is 0 Å². The van der Waals surface area contributed by atoms with Crippen molar-refractivity contribution in [3.63, 3.8) is 0 Å². The van der Waals surface area contributed by atoms with Gasteiger partial charge in [-0.25, -0.2) is 0 Å². The molecular formula is C6H18ClN3Sn. The maximum absolute atomic E-state index is 6.53. The summed E-state index contributed by atoms with van der Waals surface area (Å²) in [5.74, 6) is 0. The summed E-state index contributed by atoms with van der Waals surface area (Å²) in [6.07, 6.45) is 0. The normalized spacial score (nSPS) is 13.6. The summed E-state index contributed by atoms with van der Waals surface area (Å²) in [4.78, 5) is 0. The number of hydrogen-bond acceptors (Lipinski definition) is 3. The van der Waals surface area contributed by atoms with Gasteiger partial charge in [0.15, 0.2) is 0 Å². The van der Waals surface area contributed by atoms with Gasteiger partial charge in [-0.3, -0.25) is 0 Å². The molecular weight excluding hydrogens is 268 g/mol. The van der Waals surface area contributed by atoms with Crippen LogP contribution in [0.1, 0.15) is 0 Å². The first-order valence-corrected chi connectivity index (χ1v) is 11.0. The average molecular weight is 286 g/mol. The number of halogens is 1. The fourth-order valence-electron chi connectivity index (χ4n) is 1.20. The summed E-state index contributed by atoms with van der Waals surface area (Å²) >= 11 is -2.77. The molecule has 0 aliphatic rings. The summed E-state index contributed by atoms with van der Waals surface area (Å²) in [7, 11) is 18.8.